The zero-order chi connectivity index (χ0) is 14.9. The Labute approximate surface area is 121 Å². The molecule has 1 aromatic rings. The first-order valence-corrected chi connectivity index (χ1v) is 8.14. The van der Waals surface area contributed by atoms with Gasteiger partial charge in [0.1, 0.15) is 9.23 Å². The molecule has 1 saturated carbocycles. The first-order chi connectivity index (χ1) is 8.13. The Balaban J connectivity index is 2.56. The lowest BCUT2D eigenvalue weighted by Crippen LogP contribution is -2.07. The number of hydrogen-bond acceptors (Lipinski definition) is 0. The zero-order valence-electron chi connectivity index (χ0n) is 9.32. The maximum Gasteiger partial charge on any atom is 0.310 e. The van der Waals surface area contributed by atoms with E-state index in [0.29, 0.717) is 6.07 Å². The summed E-state index contributed by atoms with van der Waals surface area (Å²) < 4.78 is 62.5. The summed E-state index contributed by atoms with van der Waals surface area (Å²) in [6.45, 7) is 1.62. The minimum atomic E-state index is -9.76. The van der Waals surface area contributed by atoms with E-state index in [9.17, 15) is 19.4 Å². The second-order valence-electron chi connectivity index (χ2n) is 4.63. The van der Waals surface area contributed by atoms with Crippen LogP contribution in [0.4, 0.5) is 19.4 Å². The molecular weight excluding hydrogens is 354 g/mol. The van der Waals surface area contributed by atoms with E-state index >= 15 is 0 Å². The van der Waals surface area contributed by atoms with Gasteiger partial charge in [0.2, 0.25) is 0 Å². The van der Waals surface area contributed by atoms with E-state index in [1.165, 1.54) is 6.07 Å². The van der Waals surface area contributed by atoms with Gasteiger partial charge >= 0.3 is 10.2 Å². The van der Waals surface area contributed by atoms with Gasteiger partial charge in [0.15, 0.2) is 0 Å². The third kappa shape index (κ3) is 2.91. The van der Waals surface area contributed by atoms with Crippen LogP contribution in [0.25, 0.3) is 0 Å². The first-order valence-electron chi connectivity index (χ1n) is 5.05. The van der Waals surface area contributed by atoms with Gasteiger partial charge in [-0.05, 0) is 29.7 Å². The second kappa shape index (κ2) is 3.46. The lowest BCUT2D eigenvalue weighted by atomic mass is 10.1. The van der Waals surface area contributed by atoms with Crippen molar-refractivity contribution >= 4 is 45.0 Å². The van der Waals surface area contributed by atoms with Crippen LogP contribution in [-0.2, 0) is 0 Å². The van der Waals surface area contributed by atoms with Crippen LogP contribution in [0, 0.1) is 5.92 Å². The number of alkyl halides is 2. The molecule has 0 amide bonds. The van der Waals surface area contributed by atoms with Gasteiger partial charge in [0, 0.05) is 10.9 Å². The number of halogens is 8. The van der Waals surface area contributed by atoms with Crippen molar-refractivity contribution in [3.63, 3.8) is 0 Å². The molecule has 110 valence electrons. The fourth-order valence-electron chi connectivity index (χ4n) is 1.98. The molecule has 0 heterocycles. The predicted molar refractivity (Wildman–Crippen MR) is 69.2 cm³/mol. The lowest BCUT2D eigenvalue weighted by Gasteiger charge is -2.40. The fourth-order valence-corrected chi connectivity index (χ4v) is 3.75. The number of rotatable bonds is 2. The SMILES string of the molecule is CC1C(c2cc(Cl)cc(S(F)(F)(F)(F)F)c2)C1(Cl)Cl. The van der Waals surface area contributed by atoms with E-state index in [0.717, 1.165) is 0 Å². The van der Waals surface area contributed by atoms with E-state index in [1.54, 1.807) is 6.92 Å². The van der Waals surface area contributed by atoms with Gasteiger partial charge in [-0.25, -0.2) is 0 Å². The Morgan fingerprint density at radius 1 is 1.05 bits per heavy atom. The molecule has 0 spiro atoms. The minimum Gasteiger partial charge on any atom is -0.101 e. The van der Waals surface area contributed by atoms with Crippen LogP contribution in [-0.4, -0.2) is 4.33 Å². The first kappa shape index (κ1) is 15.5. The van der Waals surface area contributed by atoms with Crippen molar-refractivity contribution in [1.29, 1.82) is 0 Å². The molecule has 0 aliphatic heterocycles. The van der Waals surface area contributed by atoms with Crippen molar-refractivity contribution in [2.45, 2.75) is 22.1 Å². The summed E-state index contributed by atoms with van der Waals surface area (Å²) in [5.41, 5.74) is -0.0340. The predicted octanol–water partition coefficient (Wildman–Crippen LogP) is 6.90. The Hall–Kier alpha value is 0.0900. The minimum absolute atomic E-state index is 0.0340. The fraction of sp³-hybridized carbons (Fsp3) is 0.400. The Kier molecular flexibility index (Phi) is 2.82. The summed E-state index contributed by atoms with van der Waals surface area (Å²) in [7, 11) is -9.76. The van der Waals surface area contributed by atoms with E-state index in [4.69, 9.17) is 34.8 Å². The largest absolute Gasteiger partial charge is 0.310 e. The Morgan fingerprint density at radius 3 is 1.89 bits per heavy atom. The third-order valence-electron chi connectivity index (χ3n) is 3.11. The van der Waals surface area contributed by atoms with Crippen LogP contribution >= 0.6 is 45.0 Å². The van der Waals surface area contributed by atoms with Crippen LogP contribution in [0.5, 0.6) is 0 Å². The molecule has 2 unspecified atom stereocenters. The molecule has 19 heavy (non-hydrogen) atoms. The van der Waals surface area contributed by atoms with Crippen molar-refractivity contribution in [2.75, 3.05) is 0 Å². The quantitative estimate of drug-likeness (QED) is 0.397. The lowest BCUT2D eigenvalue weighted by molar-refractivity contribution is 0.364. The van der Waals surface area contributed by atoms with Crippen molar-refractivity contribution in [2.24, 2.45) is 5.92 Å². The highest BCUT2D eigenvalue weighted by molar-refractivity contribution is 8.45. The highest BCUT2D eigenvalue weighted by atomic mass is 35.5. The zero-order valence-corrected chi connectivity index (χ0v) is 12.4. The molecule has 9 heteroatoms. The topological polar surface area (TPSA) is 0 Å². The summed E-state index contributed by atoms with van der Waals surface area (Å²) in [5.74, 6) is -0.978. The van der Waals surface area contributed by atoms with Gasteiger partial charge in [0.25, 0.3) is 0 Å². The highest BCUT2D eigenvalue weighted by Crippen LogP contribution is 3.02. The summed E-state index contributed by atoms with van der Waals surface area (Å²) in [6, 6.07) is 1.76. The maximum absolute atomic E-state index is 12.8. The summed E-state index contributed by atoms with van der Waals surface area (Å²) >= 11 is 17.2. The average Bonchev–Trinajstić information content (AvgIpc) is 2.61. The standard InChI is InChI=1S/C10H8Cl3F5S/c1-5-9(10(5,12)13)6-2-7(11)4-8(3-6)19(14,15,16,17)18/h2-5,9H,1H3. The Bertz CT molecular complexity index is 554. The van der Waals surface area contributed by atoms with Crippen molar-refractivity contribution in [1.82, 2.24) is 0 Å². The molecule has 0 aromatic heterocycles. The molecule has 0 N–H and O–H groups in total. The molecule has 0 saturated heterocycles. The van der Waals surface area contributed by atoms with Crippen LogP contribution in [0.3, 0.4) is 0 Å². The van der Waals surface area contributed by atoms with E-state index in [2.05, 4.69) is 0 Å². The summed E-state index contributed by atoms with van der Waals surface area (Å²) in [6.07, 6.45) is 0. The molecular formula is C10H8Cl3F5S. The van der Waals surface area contributed by atoms with E-state index in [-0.39, 0.29) is 17.5 Å². The van der Waals surface area contributed by atoms with Crippen LogP contribution in [0.2, 0.25) is 5.02 Å². The van der Waals surface area contributed by atoms with Crippen molar-refractivity contribution in [3.8, 4) is 0 Å². The van der Waals surface area contributed by atoms with E-state index < -0.39 is 30.4 Å². The molecule has 1 aromatic carbocycles. The molecule has 2 atom stereocenters. The van der Waals surface area contributed by atoms with Crippen LogP contribution in [0.1, 0.15) is 18.4 Å². The third-order valence-corrected chi connectivity index (χ3v) is 5.61. The summed E-state index contributed by atoms with van der Waals surface area (Å²) in [4.78, 5) is -2.02. The molecule has 0 radical (unpaired) electrons. The van der Waals surface area contributed by atoms with Crippen molar-refractivity contribution < 1.29 is 19.4 Å². The molecule has 1 aliphatic rings. The smallest absolute Gasteiger partial charge is 0.101 e. The summed E-state index contributed by atoms with van der Waals surface area (Å²) in [5, 5.41) is -0.427. The second-order valence-corrected chi connectivity index (χ2v) is 8.92. The van der Waals surface area contributed by atoms with Gasteiger partial charge in [-0.1, -0.05) is 38.0 Å². The maximum atomic E-state index is 12.8. The van der Waals surface area contributed by atoms with Gasteiger partial charge in [-0.2, -0.15) is 0 Å². The van der Waals surface area contributed by atoms with Crippen LogP contribution in [0.15, 0.2) is 23.1 Å². The van der Waals surface area contributed by atoms with Gasteiger partial charge < -0.3 is 0 Å². The highest BCUT2D eigenvalue weighted by Gasteiger charge is 2.66. The Morgan fingerprint density at radius 2 is 1.53 bits per heavy atom. The number of hydrogen-bond donors (Lipinski definition) is 0. The normalized spacial score (nSPS) is 29.5. The van der Waals surface area contributed by atoms with Crippen LogP contribution < -0.4 is 0 Å². The number of benzene rings is 1. The molecule has 2 rings (SSSR count). The molecule has 1 aliphatic carbocycles. The molecule has 0 bridgehead atoms. The molecule has 0 nitrogen and oxygen atoms in total. The molecule has 1 fully saturated rings. The van der Waals surface area contributed by atoms with E-state index in [1.807, 2.05) is 0 Å². The van der Waals surface area contributed by atoms with Gasteiger partial charge in [0.05, 0.1) is 0 Å². The van der Waals surface area contributed by atoms with Gasteiger partial charge in [-0.15, -0.1) is 23.2 Å². The van der Waals surface area contributed by atoms with Gasteiger partial charge in [-0.3, -0.25) is 0 Å². The monoisotopic (exact) mass is 360 g/mol. The average molecular weight is 362 g/mol. The van der Waals surface area contributed by atoms with Crippen molar-refractivity contribution in [3.05, 3.63) is 28.8 Å².